The lowest BCUT2D eigenvalue weighted by Gasteiger charge is -2.17. The smallest absolute Gasteiger partial charge is 0.176 e. The summed E-state index contributed by atoms with van der Waals surface area (Å²) in [6, 6.07) is 0.578. The van der Waals surface area contributed by atoms with E-state index in [1.807, 2.05) is 19.6 Å². The van der Waals surface area contributed by atoms with Crippen molar-refractivity contribution in [2.45, 2.75) is 32.1 Å². The summed E-state index contributed by atoms with van der Waals surface area (Å²) in [6.07, 6.45) is 0.113. The molecule has 0 atom stereocenters. The third kappa shape index (κ3) is 6.50. The third-order valence-corrected chi connectivity index (χ3v) is 6.01. The van der Waals surface area contributed by atoms with Crippen LogP contribution >= 0.6 is 0 Å². The predicted molar refractivity (Wildman–Crippen MR) is 59.5 cm³/mol. The summed E-state index contributed by atoms with van der Waals surface area (Å²) in [7, 11) is -12.6. The van der Waals surface area contributed by atoms with E-state index in [9.17, 15) is 24.6 Å². The number of rotatable bonds is 6. The van der Waals surface area contributed by atoms with Crippen LogP contribution in [0.3, 0.4) is 0 Å². The van der Waals surface area contributed by atoms with Crippen molar-refractivity contribution in [1.29, 1.82) is 0 Å². The van der Waals surface area contributed by atoms with Gasteiger partial charge in [0.25, 0.3) is 0 Å². The zero-order valence-electron chi connectivity index (χ0n) is 9.27. The van der Waals surface area contributed by atoms with Crippen LogP contribution in [0, 0.1) is 0 Å². The average molecular weight is 295 g/mol. The van der Waals surface area contributed by atoms with Crippen LogP contribution < -0.4 is 0 Å². The summed E-state index contributed by atoms with van der Waals surface area (Å²) in [4.78, 5) is 0. The fourth-order valence-corrected chi connectivity index (χ4v) is 3.83. The minimum Gasteiger partial charge on any atom is -0.176 e. The molecule has 0 aromatic heterocycles. The Hall–Kier alpha value is -0.0631. The molecule has 0 spiro atoms. The van der Waals surface area contributed by atoms with Gasteiger partial charge in [0, 0.05) is 14.6 Å². The molecule has 0 saturated heterocycles. The van der Waals surface area contributed by atoms with E-state index in [0.29, 0.717) is 6.04 Å². The summed E-state index contributed by atoms with van der Waals surface area (Å²) in [5, 5.41) is 0. The van der Waals surface area contributed by atoms with Gasteiger partial charge in [-0.15, -0.1) is 0 Å². The van der Waals surface area contributed by atoms with Crippen LogP contribution in [0.4, 0.5) is 7.77 Å². The van der Waals surface area contributed by atoms with E-state index in [1.54, 1.807) is 0 Å². The number of hydrogen-bond donors (Lipinski definition) is 0. The van der Waals surface area contributed by atoms with Gasteiger partial charge in [-0.1, -0.05) is 33.5 Å². The molecule has 5 nitrogen and oxygen atoms in total. The van der Waals surface area contributed by atoms with Gasteiger partial charge in [-0.2, -0.15) is 16.8 Å². The van der Waals surface area contributed by atoms with Gasteiger partial charge in [0.1, 0.15) is 0 Å². The first-order chi connectivity index (χ1) is 6.84. The molecule has 0 heterocycles. The maximum absolute atomic E-state index is 12.5. The van der Waals surface area contributed by atoms with Gasteiger partial charge in [-0.05, 0) is 10.1 Å². The van der Waals surface area contributed by atoms with Gasteiger partial charge in [0.2, 0.25) is 0 Å². The predicted octanol–water partition coefficient (Wildman–Crippen LogP) is 1.45. The van der Waals surface area contributed by atoms with Crippen molar-refractivity contribution in [3.8, 4) is 0 Å². The molecule has 0 aromatic rings. The molecule has 16 heavy (non-hydrogen) atoms. The van der Waals surface area contributed by atoms with Crippen LogP contribution in [0.2, 0.25) is 25.7 Å². The van der Waals surface area contributed by atoms with E-state index in [4.69, 9.17) is 0 Å². The van der Waals surface area contributed by atoms with Crippen molar-refractivity contribution in [2.75, 3.05) is 6.54 Å². The second-order valence-corrected chi connectivity index (χ2v) is 12.9. The van der Waals surface area contributed by atoms with Gasteiger partial charge in [0.15, 0.2) is 0 Å². The summed E-state index contributed by atoms with van der Waals surface area (Å²) in [5.74, 6) is 0. The first-order valence-corrected chi connectivity index (χ1v) is 10.9. The molecule has 0 aliphatic carbocycles. The molecule has 0 amide bonds. The van der Waals surface area contributed by atoms with Crippen LogP contribution in [0.1, 0.15) is 6.42 Å². The molecule has 0 aromatic carbocycles. The van der Waals surface area contributed by atoms with Gasteiger partial charge in [-0.3, -0.25) is 0 Å². The molecule has 0 rings (SSSR count). The monoisotopic (exact) mass is 295 g/mol. The Morgan fingerprint density at radius 1 is 1.00 bits per heavy atom. The third-order valence-electron chi connectivity index (χ3n) is 1.75. The highest BCUT2D eigenvalue weighted by molar-refractivity contribution is 7.99. The SMILES string of the molecule is C[Si](C)(C)CCCN(S(=O)(=O)F)S(=O)(=O)F. The Kier molecular flexibility index (Phi) is 5.04. The highest BCUT2D eigenvalue weighted by Crippen LogP contribution is 2.16. The fraction of sp³-hybridized carbons (Fsp3) is 1.00. The molecular formula is C6H15F2NO4S2Si. The largest absolute Gasteiger partial charge is 0.390 e. The van der Waals surface area contributed by atoms with Crippen molar-refractivity contribution in [2.24, 2.45) is 0 Å². The Bertz CT molecular complexity index is 396. The number of nitrogens with zero attached hydrogens (tertiary/aromatic N) is 1. The van der Waals surface area contributed by atoms with Crippen LogP contribution in [-0.4, -0.2) is 35.2 Å². The quantitative estimate of drug-likeness (QED) is 0.549. The molecule has 0 aliphatic rings. The second kappa shape index (κ2) is 5.06. The Morgan fingerprint density at radius 2 is 1.38 bits per heavy atom. The summed E-state index contributed by atoms with van der Waals surface area (Å²) >= 11 is 0. The van der Waals surface area contributed by atoms with E-state index >= 15 is 0 Å². The molecule has 0 N–H and O–H groups in total. The molecule has 0 saturated carbocycles. The van der Waals surface area contributed by atoms with Crippen LogP contribution in [0.5, 0.6) is 0 Å². The molecule has 0 radical (unpaired) electrons. The van der Waals surface area contributed by atoms with Crippen molar-refractivity contribution in [3.63, 3.8) is 0 Å². The Morgan fingerprint density at radius 3 is 1.62 bits per heavy atom. The highest BCUT2D eigenvalue weighted by atomic mass is 32.3. The van der Waals surface area contributed by atoms with Crippen LogP contribution in [0.25, 0.3) is 0 Å². The second-order valence-electron chi connectivity index (χ2n) is 4.54. The van der Waals surface area contributed by atoms with E-state index in [-0.39, 0.29) is 6.42 Å². The molecule has 10 heteroatoms. The fourth-order valence-electron chi connectivity index (χ4n) is 1.06. The average Bonchev–Trinajstić information content (AvgIpc) is 1.90. The molecule has 0 aliphatic heterocycles. The van der Waals surface area contributed by atoms with E-state index < -0.39 is 39.1 Å². The highest BCUT2D eigenvalue weighted by Gasteiger charge is 2.34. The van der Waals surface area contributed by atoms with Gasteiger partial charge in [0.05, 0.1) is 0 Å². The molecule has 98 valence electrons. The van der Waals surface area contributed by atoms with Gasteiger partial charge in [-0.25, -0.2) is 0 Å². The summed E-state index contributed by atoms with van der Waals surface area (Å²) < 4.78 is 65.7. The standard InChI is InChI=1S/C6H15F2NO4S2Si/c1-16(2,3)6-4-5-9(14(7,10)11)15(8,12)13/h4-6H2,1-3H3. The topological polar surface area (TPSA) is 71.5 Å². The molecule has 0 bridgehead atoms. The van der Waals surface area contributed by atoms with Crippen LogP contribution in [0.15, 0.2) is 0 Å². The van der Waals surface area contributed by atoms with Crippen molar-refractivity contribution >= 4 is 28.9 Å². The number of halogens is 2. The van der Waals surface area contributed by atoms with Crippen LogP contribution in [-0.2, 0) is 20.8 Å². The molecule has 0 unspecified atom stereocenters. The zero-order chi connectivity index (χ0) is 13.2. The lowest BCUT2D eigenvalue weighted by molar-refractivity contribution is 0.442. The minimum absolute atomic E-state index is 0.113. The maximum Gasteiger partial charge on any atom is 0.390 e. The normalized spacial score (nSPS) is 14.4. The van der Waals surface area contributed by atoms with E-state index in [0.717, 1.165) is 0 Å². The van der Waals surface area contributed by atoms with Crippen molar-refractivity contribution in [3.05, 3.63) is 0 Å². The minimum atomic E-state index is -5.55. The molecular weight excluding hydrogens is 280 g/mol. The van der Waals surface area contributed by atoms with E-state index in [1.165, 1.54) is 0 Å². The van der Waals surface area contributed by atoms with Gasteiger partial charge >= 0.3 is 20.8 Å². The summed E-state index contributed by atoms with van der Waals surface area (Å²) in [5.41, 5.74) is 0. The maximum atomic E-state index is 12.5. The lowest BCUT2D eigenvalue weighted by atomic mass is 10.5. The summed E-state index contributed by atoms with van der Waals surface area (Å²) in [6.45, 7) is 5.24. The van der Waals surface area contributed by atoms with Crippen molar-refractivity contribution in [1.82, 2.24) is 3.71 Å². The Labute approximate surface area is 96.1 Å². The lowest BCUT2D eigenvalue weighted by Crippen LogP contribution is -2.33. The Balaban J connectivity index is 4.64. The van der Waals surface area contributed by atoms with Crippen molar-refractivity contribution < 1.29 is 24.6 Å². The zero-order valence-corrected chi connectivity index (χ0v) is 11.9. The first-order valence-electron chi connectivity index (χ1n) is 4.51. The first kappa shape index (κ1) is 15.9. The van der Waals surface area contributed by atoms with E-state index in [2.05, 4.69) is 0 Å². The molecule has 0 fully saturated rings. The van der Waals surface area contributed by atoms with Gasteiger partial charge < -0.3 is 0 Å². The number of hydrogen-bond acceptors (Lipinski definition) is 4.